The molecule has 1 N–H and O–H groups in total. The van der Waals surface area contributed by atoms with E-state index in [0.717, 1.165) is 23.0 Å². The molecule has 0 aliphatic heterocycles. The van der Waals surface area contributed by atoms with Crippen LogP contribution < -0.4 is 10.1 Å². The predicted molar refractivity (Wildman–Crippen MR) is 131 cm³/mol. The van der Waals surface area contributed by atoms with Crippen LogP contribution in [0, 0.1) is 13.8 Å². The number of anilines is 1. The van der Waals surface area contributed by atoms with E-state index in [2.05, 4.69) is 25.5 Å². The number of furan rings is 1. The number of amides is 1. The maximum absolute atomic E-state index is 12.6. The van der Waals surface area contributed by atoms with E-state index >= 15 is 0 Å². The molecule has 0 radical (unpaired) electrons. The largest absolute Gasteiger partial charge is 0.495 e. The lowest BCUT2D eigenvalue weighted by Gasteiger charge is -2.10. The second-order valence-electron chi connectivity index (χ2n) is 7.32. The van der Waals surface area contributed by atoms with Gasteiger partial charge in [0.25, 0.3) is 0 Å². The first-order chi connectivity index (χ1) is 16.5. The number of nitrogens with one attached hydrogen (secondary N) is 1. The zero-order chi connectivity index (χ0) is 23.9. The van der Waals surface area contributed by atoms with E-state index in [0.29, 0.717) is 34.0 Å². The topological polar surface area (TPSA) is 108 Å². The summed E-state index contributed by atoms with van der Waals surface area (Å²) in [4.78, 5) is 21.5. The quantitative estimate of drug-likeness (QED) is 0.253. The normalized spacial score (nSPS) is 10.9. The Morgan fingerprint density at radius 3 is 2.62 bits per heavy atom. The molecule has 0 atom stereocenters. The number of carbonyl (C=O) groups is 1. The summed E-state index contributed by atoms with van der Waals surface area (Å²) in [7, 11) is 1.57. The number of para-hydroxylation sites is 2. The predicted octanol–water partition coefficient (Wildman–Crippen LogP) is 4.36. The third-order valence-corrected chi connectivity index (χ3v) is 6.50. The molecule has 3 heterocycles. The molecule has 176 valence electrons. The molecule has 0 spiro atoms. The van der Waals surface area contributed by atoms with Crippen LogP contribution in [0.25, 0.3) is 0 Å². The van der Waals surface area contributed by atoms with Gasteiger partial charge < -0.3 is 14.5 Å². The summed E-state index contributed by atoms with van der Waals surface area (Å²) in [6.45, 7) is 4.35. The molecular formula is C23H24N6O3S2. The summed E-state index contributed by atoms with van der Waals surface area (Å²) in [5.74, 6) is 2.66. The first-order valence-electron chi connectivity index (χ1n) is 10.5. The van der Waals surface area contributed by atoms with Crippen molar-refractivity contribution in [2.75, 3.05) is 18.2 Å². The van der Waals surface area contributed by atoms with Crippen LogP contribution in [0.1, 0.15) is 23.0 Å². The summed E-state index contributed by atoms with van der Waals surface area (Å²) < 4.78 is 12.8. The number of carbonyl (C=O) groups excluding carboxylic acids is 1. The zero-order valence-electron chi connectivity index (χ0n) is 19.0. The summed E-state index contributed by atoms with van der Waals surface area (Å²) in [5, 5.41) is 12.9. The van der Waals surface area contributed by atoms with Gasteiger partial charge in [-0.1, -0.05) is 35.7 Å². The van der Waals surface area contributed by atoms with Crippen molar-refractivity contribution in [2.24, 2.45) is 0 Å². The lowest BCUT2D eigenvalue weighted by molar-refractivity contribution is -0.113. The molecule has 1 aromatic carbocycles. The number of methoxy groups -OCH3 is 1. The van der Waals surface area contributed by atoms with Crippen LogP contribution in [0.4, 0.5) is 5.69 Å². The number of rotatable bonds is 10. The van der Waals surface area contributed by atoms with Gasteiger partial charge in [0.2, 0.25) is 5.91 Å². The van der Waals surface area contributed by atoms with Crippen LogP contribution >= 0.6 is 23.5 Å². The van der Waals surface area contributed by atoms with Gasteiger partial charge in [-0.05, 0) is 44.2 Å². The second-order valence-corrected chi connectivity index (χ2v) is 9.21. The lowest BCUT2D eigenvalue weighted by atomic mass is 10.3. The fraction of sp³-hybridized carbons (Fsp3) is 0.261. The minimum absolute atomic E-state index is 0.165. The first-order valence-corrected chi connectivity index (χ1v) is 12.4. The third kappa shape index (κ3) is 6.17. The van der Waals surface area contributed by atoms with Crippen LogP contribution in [-0.4, -0.2) is 43.5 Å². The molecule has 9 nitrogen and oxygen atoms in total. The van der Waals surface area contributed by atoms with E-state index < -0.39 is 0 Å². The van der Waals surface area contributed by atoms with Crippen molar-refractivity contribution in [3.63, 3.8) is 0 Å². The molecule has 4 aromatic rings. The standard InChI is InChI=1S/C23H24N6O3S2/c1-15-11-16(2)25-22(24-15)33-13-20-27-28-23(29(20)12-17-7-6-10-32-17)34-14-21(30)26-18-8-4-5-9-19(18)31-3/h4-11H,12-14H2,1-3H3,(H,26,30). The Balaban J connectivity index is 1.46. The van der Waals surface area contributed by atoms with Gasteiger partial charge >= 0.3 is 0 Å². The number of hydrogen-bond acceptors (Lipinski definition) is 9. The Bertz CT molecular complexity index is 1240. The average Bonchev–Trinajstić information content (AvgIpc) is 3.46. The van der Waals surface area contributed by atoms with Gasteiger partial charge in [0, 0.05) is 11.4 Å². The van der Waals surface area contributed by atoms with E-state index in [9.17, 15) is 4.79 Å². The van der Waals surface area contributed by atoms with E-state index in [1.807, 2.05) is 48.7 Å². The highest BCUT2D eigenvalue weighted by molar-refractivity contribution is 7.99. The minimum atomic E-state index is -0.165. The Hall–Kier alpha value is -3.31. The Morgan fingerprint density at radius 2 is 1.88 bits per heavy atom. The Labute approximate surface area is 205 Å². The van der Waals surface area contributed by atoms with Crippen molar-refractivity contribution in [1.82, 2.24) is 24.7 Å². The van der Waals surface area contributed by atoms with Gasteiger partial charge in [0.05, 0.1) is 37.1 Å². The number of nitrogens with zero attached hydrogens (tertiary/aromatic N) is 5. The van der Waals surface area contributed by atoms with Crippen molar-refractivity contribution in [1.29, 1.82) is 0 Å². The highest BCUT2D eigenvalue weighted by Gasteiger charge is 2.17. The van der Waals surface area contributed by atoms with E-state index in [1.54, 1.807) is 25.5 Å². The van der Waals surface area contributed by atoms with Crippen molar-refractivity contribution in [3.05, 3.63) is 71.7 Å². The fourth-order valence-corrected chi connectivity index (χ4v) is 4.85. The molecule has 11 heteroatoms. The van der Waals surface area contributed by atoms with Gasteiger partial charge in [-0.2, -0.15) is 0 Å². The third-order valence-electron chi connectivity index (χ3n) is 4.69. The molecule has 0 fully saturated rings. The average molecular weight is 497 g/mol. The van der Waals surface area contributed by atoms with Gasteiger partial charge in [-0.3, -0.25) is 9.36 Å². The number of thioether (sulfide) groups is 2. The number of hydrogen-bond donors (Lipinski definition) is 1. The molecule has 0 bridgehead atoms. The Morgan fingerprint density at radius 1 is 1.09 bits per heavy atom. The highest BCUT2D eigenvalue weighted by atomic mass is 32.2. The van der Waals surface area contributed by atoms with E-state index in [-0.39, 0.29) is 11.7 Å². The molecule has 3 aromatic heterocycles. The maximum Gasteiger partial charge on any atom is 0.234 e. The molecule has 1 amide bonds. The van der Waals surface area contributed by atoms with E-state index in [1.165, 1.54) is 23.5 Å². The molecule has 0 aliphatic carbocycles. The summed E-state index contributed by atoms with van der Waals surface area (Å²) in [5.41, 5.74) is 2.46. The van der Waals surface area contributed by atoms with Crippen molar-refractivity contribution in [2.45, 2.75) is 36.5 Å². The molecule has 4 rings (SSSR count). The number of aryl methyl sites for hydroxylation is 2. The number of aromatic nitrogens is 5. The van der Waals surface area contributed by atoms with Crippen LogP contribution in [-0.2, 0) is 17.1 Å². The Kier molecular flexibility index (Phi) is 7.86. The molecule has 34 heavy (non-hydrogen) atoms. The van der Waals surface area contributed by atoms with Gasteiger partial charge in [0.1, 0.15) is 17.3 Å². The number of ether oxygens (including phenoxy) is 1. The summed E-state index contributed by atoms with van der Waals surface area (Å²) in [6.07, 6.45) is 1.63. The van der Waals surface area contributed by atoms with Gasteiger partial charge in [-0.15, -0.1) is 10.2 Å². The smallest absolute Gasteiger partial charge is 0.234 e. The fourth-order valence-electron chi connectivity index (χ4n) is 3.20. The van der Waals surface area contributed by atoms with Gasteiger partial charge in [0.15, 0.2) is 10.3 Å². The SMILES string of the molecule is COc1ccccc1NC(=O)CSc1nnc(CSc2nc(C)cc(C)n2)n1Cc1ccco1. The molecule has 0 saturated heterocycles. The van der Waals surface area contributed by atoms with E-state index in [4.69, 9.17) is 9.15 Å². The molecule has 0 aliphatic rings. The van der Waals surface area contributed by atoms with Crippen LogP contribution in [0.2, 0.25) is 0 Å². The van der Waals surface area contributed by atoms with Crippen LogP contribution in [0.3, 0.4) is 0 Å². The van der Waals surface area contributed by atoms with Crippen molar-refractivity contribution < 1.29 is 13.9 Å². The van der Waals surface area contributed by atoms with Crippen LogP contribution in [0.15, 0.2) is 63.5 Å². The molecular weight excluding hydrogens is 472 g/mol. The highest BCUT2D eigenvalue weighted by Crippen LogP contribution is 2.26. The molecule has 0 saturated carbocycles. The second kappa shape index (κ2) is 11.2. The zero-order valence-corrected chi connectivity index (χ0v) is 20.7. The van der Waals surface area contributed by atoms with Crippen LogP contribution in [0.5, 0.6) is 5.75 Å². The summed E-state index contributed by atoms with van der Waals surface area (Å²) in [6, 6.07) is 13.0. The minimum Gasteiger partial charge on any atom is -0.495 e. The van der Waals surface area contributed by atoms with Gasteiger partial charge in [-0.25, -0.2) is 9.97 Å². The van der Waals surface area contributed by atoms with Crippen molar-refractivity contribution in [3.8, 4) is 5.75 Å². The van der Waals surface area contributed by atoms with Crippen molar-refractivity contribution >= 4 is 35.1 Å². The lowest BCUT2D eigenvalue weighted by Crippen LogP contribution is -2.15. The maximum atomic E-state index is 12.6. The first kappa shape index (κ1) is 23.8. The number of benzene rings is 1. The summed E-state index contributed by atoms with van der Waals surface area (Å²) >= 11 is 2.81. The monoisotopic (exact) mass is 496 g/mol. The molecule has 0 unspecified atom stereocenters.